The molecule has 2 unspecified atom stereocenters. The quantitative estimate of drug-likeness (QED) is 0.246. The lowest BCUT2D eigenvalue weighted by Crippen LogP contribution is -2.45. The Bertz CT molecular complexity index is 1230. The number of halogens is 1. The van der Waals surface area contributed by atoms with Crippen molar-refractivity contribution in [1.82, 2.24) is 0 Å². The van der Waals surface area contributed by atoms with Crippen molar-refractivity contribution in [2.45, 2.75) is 19.0 Å². The van der Waals surface area contributed by atoms with Crippen LogP contribution in [0, 0.1) is 0 Å². The van der Waals surface area contributed by atoms with Crippen LogP contribution in [0.5, 0.6) is 0 Å². The monoisotopic (exact) mass is 410 g/mol. The number of fused-ring (bicyclic) bond motifs is 2. The summed E-state index contributed by atoms with van der Waals surface area (Å²) in [5.74, 6) is 0. The third kappa shape index (κ3) is 2.97. The summed E-state index contributed by atoms with van der Waals surface area (Å²) in [6.07, 6.45) is 2.37. The van der Waals surface area contributed by atoms with Gasteiger partial charge in [-0.3, -0.25) is 0 Å². The van der Waals surface area contributed by atoms with Gasteiger partial charge in [-0.2, -0.15) is 11.1 Å². The Labute approximate surface area is 178 Å². The molecule has 2 heteroatoms. The standard InChI is InChI=1S/C27H23ClSi/c1-19-18-26-24(23-15-8-11-20-10-6-7-14-22(20)23)16-9-17-25(26)27(19)29(2,28)21-12-4-3-5-13-21/h3-18,27H,1-2H3. The van der Waals surface area contributed by atoms with Crippen molar-refractivity contribution < 1.29 is 0 Å². The molecule has 142 valence electrons. The number of allylic oxidation sites excluding steroid dienone is 1. The summed E-state index contributed by atoms with van der Waals surface area (Å²) < 4.78 is 0. The molecular formula is C27H23ClSi. The molecule has 1 aliphatic carbocycles. The van der Waals surface area contributed by atoms with E-state index in [1.165, 1.54) is 43.8 Å². The van der Waals surface area contributed by atoms with E-state index < -0.39 is 7.38 Å². The van der Waals surface area contributed by atoms with E-state index >= 15 is 0 Å². The molecule has 0 radical (unpaired) electrons. The summed E-state index contributed by atoms with van der Waals surface area (Å²) in [5, 5.41) is 3.87. The van der Waals surface area contributed by atoms with Crippen molar-refractivity contribution in [3.8, 4) is 11.1 Å². The molecule has 1 aliphatic rings. The van der Waals surface area contributed by atoms with E-state index in [0.29, 0.717) is 0 Å². The average molecular weight is 411 g/mol. The summed E-state index contributed by atoms with van der Waals surface area (Å²) in [6.45, 7) is 4.53. The van der Waals surface area contributed by atoms with E-state index in [0.717, 1.165) is 0 Å². The normalized spacial score (nSPS) is 17.6. The zero-order valence-electron chi connectivity index (χ0n) is 16.7. The van der Waals surface area contributed by atoms with E-state index in [1.54, 1.807) is 0 Å². The van der Waals surface area contributed by atoms with Crippen molar-refractivity contribution in [2.24, 2.45) is 0 Å². The van der Waals surface area contributed by atoms with Crippen molar-refractivity contribution in [3.63, 3.8) is 0 Å². The zero-order chi connectivity index (χ0) is 20.0. The minimum atomic E-state index is -2.23. The van der Waals surface area contributed by atoms with Crippen LogP contribution in [0.15, 0.2) is 96.6 Å². The van der Waals surface area contributed by atoms with Crippen LogP contribution in [-0.4, -0.2) is 7.38 Å². The van der Waals surface area contributed by atoms with E-state index in [-0.39, 0.29) is 5.54 Å². The smallest absolute Gasteiger partial charge is 0.160 e. The van der Waals surface area contributed by atoms with Crippen LogP contribution in [0.25, 0.3) is 28.0 Å². The van der Waals surface area contributed by atoms with Gasteiger partial charge in [0.2, 0.25) is 0 Å². The van der Waals surface area contributed by atoms with Gasteiger partial charge in [-0.1, -0.05) is 109 Å². The van der Waals surface area contributed by atoms with E-state index in [9.17, 15) is 0 Å². The van der Waals surface area contributed by atoms with Crippen LogP contribution in [0.3, 0.4) is 0 Å². The highest BCUT2D eigenvalue weighted by Crippen LogP contribution is 2.47. The van der Waals surface area contributed by atoms with Gasteiger partial charge in [0, 0.05) is 5.54 Å². The number of hydrogen-bond donors (Lipinski definition) is 0. The third-order valence-corrected chi connectivity index (χ3v) is 10.9. The molecule has 0 aromatic heterocycles. The van der Waals surface area contributed by atoms with Gasteiger partial charge in [-0.15, -0.1) is 0 Å². The summed E-state index contributed by atoms with van der Waals surface area (Å²) in [4.78, 5) is 0. The maximum Gasteiger partial charge on any atom is 0.195 e. The Hall–Kier alpha value is -2.61. The molecule has 5 rings (SSSR count). The number of rotatable bonds is 3. The Kier molecular flexibility index (Phi) is 4.46. The second kappa shape index (κ2) is 7.02. The fourth-order valence-corrected chi connectivity index (χ4v) is 9.10. The topological polar surface area (TPSA) is 0 Å². The van der Waals surface area contributed by atoms with Gasteiger partial charge in [-0.05, 0) is 45.1 Å². The SMILES string of the molecule is CC1=Cc2c(-c3cccc4ccccc34)cccc2C1[Si](C)(Cl)c1ccccc1. The first-order valence-electron chi connectivity index (χ1n) is 10.1. The van der Waals surface area contributed by atoms with Crippen LogP contribution < -0.4 is 5.19 Å². The molecule has 0 N–H and O–H groups in total. The predicted octanol–water partition coefficient (Wildman–Crippen LogP) is 7.27. The highest BCUT2D eigenvalue weighted by Gasteiger charge is 2.42. The molecule has 2 atom stereocenters. The second-order valence-corrected chi connectivity index (χ2v) is 13.8. The maximum absolute atomic E-state index is 7.38. The fourth-order valence-electron chi connectivity index (χ4n) is 4.90. The van der Waals surface area contributed by atoms with E-state index in [2.05, 4.69) is 111 Å². The Morgan fingerprint density at radius 1 is 0.724 bits per heavy atom. The van der Waals surface area contributed by atoms with Gasteiger partial charge >= 0.3 is 0 Å². The minimum Gasteiger partial charge on any atom is -0.160 e. The van der Waals surface area contributed by atoms with Gasteiger partial charge in [0.25, 0.3) is 0 Å². The zero-order valence-corrected chi connectivity index (χ0v) is 18.4. The van der Waals surface area contributed by atoms with Crippen LogP contribution in [0.4, 0.5) is 0 Å². The van der Waals surface area contributed by atoms with E-state index in [1.807, 2.05) is 0 Å². The molecule has 29 heavy (non-hydrogen) atoms. The molecule has 0 bridgehead atoms. The van der Waals surface area contributed by atoms with Gasteiger partial charge in [0.15, 0.2) is 7.38 Å². The first-order valence-corrected chi connectivity index (χ1v) is 13.7. The maximum atomic E-state index is 7.38. The summed E-state index contributed by atoms with van der Waals surface area (Å²) in [5.41, 5.74) is 6.97. The van der Waals surface area contributed by atoms with E-state index in [4.69, 9.17) is 11.1 Å². The Morgan fingerprint density at radius 2 is 1.38 bits per heavy atom. The minimum absolute atomic E-state index is 0.288. The van der Waals surface area contributed by atoms with Gasteiger partial charge < -0.3 is 0 Å². The second-order valence-electron chi connectivity index (χ2n) is 8.10. The summed E-state index contributed by atoms with van der Waals surface area (Å²) >= 11 is 7.38. The third-order valence-electron chi connectivity index (χ3n) is 6.24. The van der Waals surface area contributed by atoms with Crippen molar-refractivity contribution >= 4 is 40.5 Å². The molecule has 0 fully saturated rings. The van der Waals surface area contributed by atoms with Crippen LogP contribution >= 0.6 is 11.1 Å². The lowest BCUT2D eigenvalue weighted by molar-refractivity contribution is 1.10. The fraction of sp³-hybridized carbons (Fsp3) is 0.111. The van der Waals surface area contributed by atoms with Crippen molar-refractivity contribution in [2.75, 3.05) is 0 Å². The Morgan fingerprint density at radius 3 is 2.21 bits per heavy atom. The van der Waals surface area contributed by atoms with Gasteiger partial charge in [0.05, 0.1) is 0 Å². The van der Waals surface area contributed by atoms with Crippen LogP contribution in [0.1, 0.15) is 23.6 Å². The molecule has 0 heterocycles. The van der Waals surface area contributed by atoms with Gasteiger partial charge in [-0.25, -0.2) is 0 Å². The number of benzene rings is 4. The lowest BCUT2D eigenvalue weighted by atomic mass is 9.93. The van der Waals surface area contributed by atoms with Crippen LogP contribution in [-0.2, 0) is 0 Å². The predicted molar refractivity (Wildman–Crippen MR) is 129 cm³/mol. The summed E-state index contributed by atoms with van der Waals surface area (Å²) in [7, 11) is -2.23. The lowest BCUT2D eigenvalue weighted by Gasteiger charge is -2.30. The molecule has 0 amide bonds. The van der Waals surface area contributed by atoms with Crippen LogP contribution in [0.2, 0.25) is 6.55 Å². The molecule has 0 saturated heterocycles. The highest BCUT2D eigenvalue weighted by molar-refractivity contribution is 7.27. The summed E-state index contributed by atoms with van der Waals surface area (Å²) in [6, 6.07) is 32.6. The highest BCUT2D eigenvalue weighted by atomic mass is 35.6. The first kappa shape index (κ1) is 18.4. The van der Waals surface area contributed by atoms with Crippen molar-refractivity contribution in [1.29, 1.82) is 0 Å². The molecule has 4 aromatic rings. The largest absolute Gasteiger partial charge is 0.195 e. The molecule has 0 spiro atoms. The molecule has 0 saturated carbocycles. The molecule has 4 aromatic carbocycles. The Balaban J connectivity index is 1.70. The average Bonchev–Trinajstić information content (AvgIpc) is 3.10. The first-order chi connectivity index (χ1) is 14.1. The molecule has 0 nitrogen and oxygen atoms in total. The molecular weight excluding hydrogens is 388 g/mol. The molecule has 0 aliphatic heterocycles. The van der Waals surface area contributed by atoms with Crippen molar-refractivity contribution in [3.05, 3.63) is 108 Å². The van der Waals surface area contributed by atoms with Gasteiger partial charge in [0.1, 0.15) is 0 Å². The number of hydrogen-bond acceptors (Lipinski definition) is 0.